The minimum atomic E-state index is -0.0936. The summed E-state index contributed by atoms with van der Waals surface area (Å²) >= 11 is 0. The molecule has 0 saturated heterocycles. The molecule has 4 aliphatic carbocycles. The lowest BCUT2D eigenvalue weighted by molar-refractivity contribution is -0.183. The van der Waals surface area contributed by atoms with Gasteiger partial charge in [0.1, 0.15) is 0 Å². The second-order valence-corrected chi connectivity index (χ2v) is 9.75. The molecule has 24 heavy (non-hydrogen) atoms. The molecule has 0 aliphatic heterocycles. The van der Waals surface area contributed by atoms with E-state index in [1.165, 1.54) is 19.3 Å². The normalized spacial score (nSPS) is 56.7. The predicted octanol–water partition coefficient (Wildman–Crippen LogP) is 4.15. The Kier molecular flexibility index (Phi) is 4.01. The smallest absolute Gasteiger partial charge is 0.0661 e. The van der Waals surface area contributed by atoms with Crippen LogP contribution in [0.3, 0.4) is 0 Å². The third-order valence-electron chi connectivity index (χ3n) is 9.00. The molecule has 3 heteroatoms. The molecule has 0 spiro atoms. The van der Waals surface area contributed by atoms with Crippen LogP contribution in [0, 0.1) is 51.8 Å². The average Bonchev–Trinajstić information content (AvgIpc) is 2.90. The Balaban J connectivity index is 1.70. The number of methoxy groups -OCH3 is 1. The molecule has 0 bridgehead atoms. The fourth-order valence-electron chi connectivity index (χ4n) is 7.76. The van der Waals surface area contributed by atoms with E-state index in [1.54, 1.807) is 0 Å². The van der Waals surface area contributed by atoms with Crippen molar-refractivity contribution in [2.24, 2.45) is 40.4 Å². The number of nitrogens with zero attached hydrogens (tertiary/aromatic N) is 1. The van der Waals surface area contributed by atoms with Crippen molar-refractivity contribution >= 4 is 0 Å². The van der Waals surface area contributed by atoms with Crippen LogP contribution in [-0.2, 0) is 4.74 Å². The molecule has 134 valence electrons. The Morgan fingerprint density at radius 2 is 1.88 bits per heavy atom. The number of hydrogen-bond acceptors (Lipinski definition) is 3. The van der Waals surface area contributed by atoms with Gasteiger partial charge in [0.25, 0.3) is 0 Å². The Morgan fingerprint density at radius 3 is 2.58 bits per heavy atom. The van der Waals surface area contributed by atoms with Gasteiger partial charge in [0.15, 0.2) is 0 Å². The zero-order valence-corrected chi connectivity index (χ0v) is 15.5. The molecule has 0 aromatic rings. The first-order valence-corrected chi connectivity index (χ1v) is 10.0. The second-order valence-electron chi connectivity index (χ2n) is 9.75. The van der Waals surface area contributed by atoms with E-state index in [2.05, 4.69) is 19.9 Å². The fourth-order valence-corrected chi connectivity index (χ4v) is 7.76. The van der Waals surface area contributed by atoms with E-state index >= 15 is 0 Å². The van der Waals surface area contributed by atoms with Gasteiger partial charge in [0.05, 0.1) is 24.2 Å². The fraction of sp³-hybridized carbons (Fsp3) is 0.952. The molecule has 4 fully saturated rings. The van der Waals surface area contributed by atoms with E-state index in [-0.39, 0.29) is 23.5 Å². The molecule has 0 unspecified atom stereocenters. The number of nitriles is 1. The van der Waals surface area contributed by atoms with Crippen molar-refractivity contribution in [1.29, 1.82) is 5.26 Å². The van der Waals surface area contributed by atoms with Crippen LogP contribution in [0.5, 0.6) is 0 Å². The minimum Gasteiger partial charge on any atom is -0.393 e. The van der Waals surface area contributed by atoms with Crippen LogP contribution < -0.4 is 0 Å². The van der Waals surface area contributed by atoms with E-state index < -0.39 is 0 Å². The molecule has 4 saturated carbocycles. The Labute approximate surface area is 146 Å². The van der Waals surface area contributed by atoms with Crippen LogP contribution in [0.2, 0.25) is 0 Å². The number of rotatable bonds is 1. The number of fused-ring (bicyclic) bond motifs is 5. The summed E-state index contributed by atoms with van der Waals surface area (Å²) in [5.74, 6) is 2.88. The maximum Gasteiger partial charge on any atom is 0.0661 e. The summed E-state index contributed by atoms with van der Waals surface area (Å²) in [6, 6.07) is 2.63. The van der Waals surface area contributed by atoms with Crippen LogP contribution in [0.15, 0.2) is 0 Å². The van der Waals surface area contributed by atoms with Crippen molar-refractivity contribution in [2.45, 2.75) is 77.4 Å². The molecule has 0 radical (unpaired) electrons. The molecule has 1 N–H and O–H groups in total. The van der Waals surface area contributed by atoms with Gasteiger partial charge in [-0.15, -0.1) is 0 Å². The first kappa shape index (κ1) is 16.9. The van der Waals surface area contributed by atoms with Gasteiger partial charge in [-0.25, -0.2) is 0 Å². The highest BCUT2D eigenvalue weighted by Gasteiger charge is 2.63. The summed E-state index contributed by atoms with van der Waals surface area (Å²) in [5.41, 5.74) is 0.461. The summed E-state index contributed by atoms with van der Waals surface area (Å²) in [6.07, 6.45) is 9.17. The molecular formula is C21H33NO2. The lowest BCUT2D eigenvalue weighted by Gasteiger charge is -2.62. The lowest BCUT2D eigenvalue weighted by atomic mass is 9.44. The van der Waals surface area contributed by atoms with Gasteiger partial charge in [-0.05, 0) is 85.9 Å². The van der Waals surface area contributed by atoms with Crippen molar-refractivity contribution in [3.05, 3.63) is 0 Å². The molecular weight excluding hydrogens is 298 g/mol. The van der Waals surface area contributed by atoms with E-state index in [0.29, 0.717) is 29.1 Å². The summed E-state index contributed by atoms with van der Waals surface area (Å²) in [7, 11) is 1.88. The largest absolute Gasteiger partial charge is 0.393 e. The molecule has 3 nitrogen and oxygen atoms in total. The van der Waals surface area contributed by atoms with Crippen LogP contribution in [0.1, 0.15) is 65.2 Å². The molecule has 9 atom stereocenters. The van der Waals surface area contributed by atoms with E-state index in [0.717, 1.165) is 32.1 Å². The number of aliphatic hydroxyl groups excluding tert-OH is 1. The molecule has 0 aromatic carbocycles. The van der Waals surface area contributed by atoms with Crippen LogP contribution in [0.4, 0.5) is 0 Å². The molecule has 4 rings (SSSR count). The van der Waals surface area contributed by atoms with Gasteiger partial charge in [-0.2, -0.15) is 5.26 Å². The van der Waals surface area contributed by atoms with Gasteiger partial charge >= 0.3 is 0 Å². The Bertz CT molecular complexity index is 542. The van der Waals surface area contributed by atoms with Crippen molar-refractivity contribution in [3.8, 4) is 6.07 Å². The van der Waals surface area contributed by atoms with Crippen LogP contribution in [0.25, 0.3) is 0 Å². The van der Waals surface area contributed by atoms with Crippen molar-refractivity contribution in [3.63, 3.8) is 0 Å². The maximum absolute atomic E-state index is 10.2. The zero-order valence-electron chi connectivity index (χ0n) is 15.5. The standard InChI is InChI=1S/C21H33NO2/c1-20-9-8-15(23)10-13(20)4-6-16-17-7-5-14(12-22)21(17,2)11-18(24-3)19(16)20/h13-19,23H,4-11H2,1-3H3/t13-,14-,15-,16+,17+,18+,19-,20+,21-/m1/s1. The first-order valence-electron chi connectivity index (χ1n) is 10.0. The highest BCUT2D eigenvalue weighted by Crippen LogP contribution is 2.67. The van der Waals surface area contributed by atoms with Gasteiger partial charge < -0.3 is 9.84 Å². The highest BCUT2D eigenvalue weighted by atomic mass is 16.5. The second kappa shape index (κ2) is 5.71. The number of ether oxygens (including phenoxy) is 1. The quantitative estimate of drug-likeness (QED) is 0.785. The van der Waals surface area contributed by atoms with E-state index in [9.17, 15) is 10.4 Å². The third-order valence-corrected chi connectivity index (χ3v) is 9.00. The summed E-state index contributed by atoms with van der Waals surface area (Å²) < 4.78 is 6.10. The number of hydrogen-bond donors (Lipinski definition) is 1. The number of aliphatic hydroxyl groups is 1. The summed E-state index contributed by atoms with van der Waals surface area (Å²) in [6.45, 7) is 4.87. The van der Waals surface area contributed by atoms with Crippen LogP contribution in [-0.4, -0.2) is 24.4 Å². The van der Waals surface area contributed by atoms with Gasteiger partial charge in [-0.3, -0.25) is 0 Å². The average molecular weight is 332 g/mol. The van der Waals surface area contributed by atoms with Crippen molar-refractivity contribution in [2.75, 3.05) is 7.11 Å². The predicted molar refractivity (Wildman–Crippen MR) is 93.0 cm³/mol. The van der Waals surface area contributed by atoms with Gasteiger partial charge in [0, 0.05) is 7.11 Å². The molecule has 0 aromatic heterocycles. The maximum atomic E-state index is 10.2. The van der Waals surface area contributed by atoms with Crippen molar-refractivity contribution in [1.82, 2.24) is 0 Å². The Hall–Kier alpha value is -0.590. The minimum absolute atomic E-state index is 0.0936. The Morgan fingerprint density at radius 1 is 1.08 bits per heavy atom. The molecule has 4 aliphatic rings. The van der Waals surface area contributed by atoms with E-state index in [1.807, 2.05) is 7.11 Å². The molecule has 0 heterocycles. The topological polar surface area (TPSA) is 53.2 Å². The zero-order chi connectivity index (χ0) is 17.1. The third kappa shape index (κ3) is 2.15. The summed E-state index contributed by atoms with van der Waals surface area (Å²) in [5, 5.41) is 19.8. The van der Waals surface area contributed by atoms with Crippen molar-refractivity contribution < 1.29 is 9.84 Å². The molecule has 0 amide bonds. The van der Waals surface area contributed by atoms with Gasteiger partial charge in [-0.1, -0.05) is 13.8 Å². The van der Waals surface area contributed by atoms with Gasteiger partial charge in [0.2, 0.25) is 0 Å². The highest BCUT2D eigenvalue weighted by molar-refractivity contribution is 5.15. The van der Waals surface area contributed by atoms with Crippen LogP contribution >= 0.6 is 0 Å². The van der Waals surface area contributed by atoms with E-state index in [4.69, 9.17) is 4.74 Å². The first-order chi connectivity index (χ1) is 11.4. The lowest BCUT2D eigenvalue weighted by Crippen LogP contribution is -2.59. The monoisotopic (exact) mass is 331 g/mol. The SMILES string of the molecule is CO[C@H]1C[C@]2(C)[C@@H](C#N)CC[C@H]2[C@@H]2CC[C@@H]3C[C@H](O)CC[C@]3(C)[C@H]21. The summed E-state index contributed by atoms with van der Waals surface area (Å²) in [4.78, 5) is 0.